The zero-order chi connectivity index (χ0) is 9.97. The Morgan fingerprint density at radius 1 is 1.57 bits per heavy atom. The van der Waals surface area contributed by atoms with Crippen molar-refractivity contribution in [1.82, 2.24) is 5.16 Å². The highest BCUT2D eigenvalue weighted by atomic mass is 16.5. The summed E-state index contributed by atoms with van der Waals surface area (Å²) in [5, 5.41) is 4.23. The molecule has 1 heterocycles. The Kier molecular flexibility index (Phi) is 2.01. The molecular formula is C9H6N2O3. The lowest BCUT2D eigenvalue weighted by Crippen LogP contribution is -1.80. The number of ether oxygens (including phenoxy) is 1. The lowest BCUT2D eigenvalue weighted by molar-refractivity contribution is 0.415. The van der Waals surface area contributed by atoms with Crippen molar-refractivity contribution in [3.05, 3.63) is 18.2 Å². The van der Waals surface area contributed by atoms with Crippen LogP contribution in [0.1, 0.15) is 0 Å². The highest BCUT2D eigenvalue weighted by Gasteiger charge is 2.07. The number of benzene rings is 1. The number of rotatable bonds is 2. The number of fused-ring (bicyclic) bond motifs is 1. The first-order valence-electron chi connectivity index (χ1n) is 3.86. The van der Waals surface area contributed by atoms with E-state index in [1.807, 2.05) is 0 Å². The van der Waals surface area contributed by atoms with Crippen LogP contribution in [0.3, 0.4) is 0 Å². The molecule has 0 aliphatic rings. The smallest absolute Gasteiger partial charge is 0.242 e. The average Bonchev–Trinajstić information content (AvgIpc) is 2.61. The molecule has 0 spiro atoms. The first-order valence-corrected chi connectivity index (χ1v) is 3.86. The van der Waals surface area contributed by atoms with Crippen LogP contribution in [0.15, 0.2) is 27.7 Å². The minimum absolute atomic E-state index is 0.217. The van der Waals surface area contributed by atoms with Gasteiger partial charge in [-0.1, -0.05) is 5.16 Å². The lowest BCUT2D eigenvalue weighted by Gasteiger charge is -1.96. The minimum atomic E-state index is 0.217. The predicted octanol–water partition coefficient (Wildman–Crippen LogP) is 1.80. The highest BCUT2D eigenvalue weighted by Crippen LogP contribution is 2.28. The summed E-state index contributed by atoms with van der Waals surface area (Å²) in [4.78, 5) is 13.5. The second-order valence-corrected chi connectivity index (χ2v) is 2.57. The van der Waals surface area contributed by atoms with Gasteiger partial charge in [-0.05, 0) is 18.2 Å². The number of aliphatic imine (C=N–C) groups is 1. The van der Waals surface area contributed by atoms with E-state index in [0.717, 1.165) is 0 Å². The van der Waals surface area contributed by atoms with Crippen LogP contribution in [0.5, 0.6) is 5.75 Å². The van der Waals surface area contributed by atoms with Crippen molar-refractivity contribution in [2.24, 2.45) is 4.99 Å². The summed E-state index contributed by atoms with van der Waals surface area (Å²) in [5.41, 5.74) is 0.555. The summed E-state index contributed by atoms with van der Waals surface area (Å²) < 4.78 is 9.94. The van der Waals surface area contributed by atoms with E-state index in [0.29, 0.717) is 16.7 Å². The van der Waals surface area contributed by atoms with Gasteiger partial charge >= 0.3 is 0 Å². The van der Waals surface area contributed by atoms with Crippen molar-refractivity contribution in [2.45, 2.75) is 0 Å². The number of carbonyl (C=O) groups excluding carboxylic acids is 1. The zero-order valence-electron chi connectivity index (χ0n) is 7.35. The molecule has 0 saturated carbocycles. The van der Waals surface area contributed by atoms with E-state index in [4.69, 9.17) is 9.26 Å². The molecule has 0 N–H and O–H groups in total. The molecule has 0 fully saturated rings. The molecule has 2 aromatic rings. The molecule has 14 heavy (non-hydrogen) atoms. The standard InChI is InChI=1S/C9H6N2O3/c1-13-6-2-3-8-7(4-6)9(10-5-12)11-14-8/h2-4H,1H3. The molecule has 0 aliphatic heterocycles. The van der Waals surface area contributed by atoms with Crippen LogP contribution in [0, 0.1) is 0 Å². The normalized spacial score (nSPS) is 9.79. The molecule has 0 atom stereocenters. The Hall–Kier alpha value is -2.13. The van der Waals surface area contributed by atoms with E-state index < -0.39 is 0 Å². The Balaban J connectivity index is 2.69. The number of hydrogen-bond donors (Lipinski definition) is 0. The molecule has 0 bridgehead atoms. The van der Waals surface area contributed by atoms with Gasteiger partial charge in [-0.2, -0.15) is 0 Å². The maximum absolute atomic E-state index is 10.1. The van der Waals surface area contributed by atoms with Crippen LogP contribution < -0.4 is 4.74 Å². The molecule has 0 saturated heterocycles. The molecule has 0 unspecified atom stereocenters. The van der Waals surface area contributed by atoms with Crippen molar-refractivity contribution in [3.63, 3.8) is 0 Å². The highest BCUT2D eigenvalue weighted by molar-refractivity contribution is 5.88. The maximum Gasteiger partial charge on any atom is 0.242 e. The summed E-state index contributed by atoms with van der Waals surface area (Å²) >= 11 is 0. The fourth-order valence-corrected chi connectivity index (χ4v) is 1.16. The van der Waals surface area contributed by atoms with Crippen LogP contribution in [-0.2, 0) is 4.79 Å². The van der Waals surface area contributed by atoms with E-state index in [1.165, 1.54) is 6.08 Å². The largest absolute Gasteiger partial charge is 0.497 e. The molecule has 1 aromatic heterocycles. The summed E-state index contributed by atoms with van der Waals surface area (Å²) in [6.45, 7) is 0. The number of nitrogens with zero attached hydrogens (tertiary/aromatic N) is 2. The molecule has 1 aromatic carbocycles. The minimum Gasteiger partial charge on any atom is -0.497 e. The lowest BCUT2D eigenvalue weighted by atomic mass is 10.2. The van der Waals surface area contributed by atoms with Gasteiger partial charge in [0, 0.05) is 0 Å². The summed E-state index contributed by atoms with van der Waals surface area (Å²) in [6.07, 6.45) is 1.41. The van der Waals surface area contributed by atoms with Gasteiger partial charge < -0.3 is 9.26 Å². The molecule has 0 amide bonds. The van der Waals surface area contributed by atoms with E-state index in [9.17, 15) is 4.79 Å². The quantitative estimate of drug-likeness (QED) is 0.535. The second kappa shape index (κ2) is 3.32. The Labute approximate surface area is 79.0 Å². The molecular weight excluding hydrogens is 184 g/mol. The SMILES string of the molecule is COc1ccc2onc(N=C=O)c2c1. The van der Waals surface area contributed by atoms with Gasteiger partial charge in [0.15, 0.2) is 5.58 Å². The molecule has 2 rings (SSSR count). The van der Waals surface area contributed by atoms with Gasteiger partial charge in [0.25, 0.3) is 0 Å². The molecule has 0 aliphatic carbocycles. The van der Waals surface area contributed by atoms with Crippen molar-refractivity contribution in [3.8, 4) is 5.75 Å². The van der Waals surface area contributed by atoms with Crippen molar-refractivity contribution < 1.29 is 14.1 Å². The van der Waals surface area contributed by atoms with Crippen molar-refractivity contribution >= 4 is 22.9 Å². The van der Waals surface area contributed by atoms with Gasteiger partial charge in [-0.3, -0.25) is 0 Å². The van der Waals surface area contributed by atoms with E-state index in [-0.39, 0.29) is 5.82 Å². The molecule has 5 heteroatoms. The molecule has 0 radical (unpaired) electrons. The third-order valence-electron chi connectivity index (χ3n) is 1.81. The Morgan fingerprint density at radius 2 is 2.43 bits per heavy atom. The van der Waals surface area contributed by atoms with Gasteiger partial charge in [-0.25, -0.2) is 4.79 Å². The van der Waals surface area contributed by atoms with Crippen LogP contribution in [0.4, 0.5) is 5.82 Å². The topological polar surface area (TPSA) is 64.7 Å². The van der Waals surface area contributed by atoms with Crippen molar-refractivity contribution in [1.29, 1.82) is 0 Å². The van der Waals surface area contributed by atoms with E-state index in [1.54, 1.807) is 25.3 Å². The first kappa shape index (κ1) is 8.47. The monoisotopic (exact) mass is 190 g/mol. The zero-order valence-corrected chi connectivity index (χ0v) is 7.35. The molecule has 5 nitrogen and oxygen atoms in total. The second-order valence-electron chi connectivity index (χ2n) is 2.57. The average molecular weight is 190 g/mol. The van der Waals surface area contributed by atoms with Gasteiger partial charge in [-0.15, -0.1) is 4.99 Å². The van der Waals surface area contributed by atoms with Crippen LogP contribution >= 0.6 is 0 Å². The maximum atomic E-state index is 10.1. The van der Waals surface area contributed by atoms with Crippen LogP contribution in [-0.4, -0.2) is 18.3 Å². The van der Waals surface area contributed by atoms with Gasteiger partial charge in [0.2, 0.25) is 11.9 Å². The Morgan fingerprint density at radius 3 is 3.14 bits per heavy atom. The van der Waals surface area contributed by atoms with Crippen molar-refractivity contribution in [2.75, 3.05) is 7.11 Å². The van der Waals surface area contributed by atoms with E-state index in [2.05, 4.69) is 10.1 Å². The summed E-state index contributed by atoms with van der Waals surface area (Å²) in [5.74, 6) is 0.872. The summed E-state index contributed by atoms with van der Waals surface area (Å²) in [7, 11) is 1.55. The first-order chi connectivity index (χ1) is 6.85. The molecule has 70 valence electrons. The Bertz CT molecular complexity index is 512. The number of aromatic nitrogens is 1. The predicted molar refractivity (Wildman–Crippen MR) is 48.3 cm³/mol. The summed E-state index contributed by atoms with van der Waals surface area (Å²) in [6, 6.07) is 5.13. The fourth-order valence-electron chi connectivity index (χ4n) is 1.16. The fraction of sp³-hybridized carbons (Fsp3) is 0.111. The van der Waals surface area contributed by atoms with Gasteiger partial charge in [0.1, 0.15) is 5.75 Å². The third kappa shape index (κ3) is 1.26. The third-order valence-corrected chi connectivity index (χ3v) is 1.81. The number of isocyanates is 1. The number of methoxy groups -OCH3 is 1. The van der Waals surface area contributed by atoms with Gasteiger partial charge in [0.05, 0.1) is 12.5 Å². The van der Waals surface area contributed by atoms with Crippen LogP contribution in [0.2, 0.25) is 0 Å². The van der Waals surface area contributed by atoms with E-state index >= 15 is 0 Å². The number of hydrogen-bond acceptors (Lipinski definition) is 5. The van der Waals surface area contributed by atoms with Crippen LogP contribution in [0.25, 0.3) is 11.0 Å².